The fourth-order valence-corrected chi connectivity index (χ4v) is 10.7. The third kappa shape index (κ3) is 15.0. The average Bonchev–Trinajstić information content (AvgIpc) is 4.25. The van der Waals surface area contributed by atoms with Crippen LogP contribution in [-0.2, 0) is 33.4 Å². The first-order valence-electron chi connectivity index (χ1n) is 26.8. The molecular weight excluding hydrogens is 1010 g/mol. The SMILES string of the molecule is Cc1ncsc1-c1ccc([C@H](C)NC(=O)[C@@H]2C[C@@H](O)CN2C(=O)[C@@H](NC(=O)CCOCCOCCOCCNC(=O)c2ccc(-c3cc(N4CCC(C(=O)N5N=CCC5c5ccccc5)CC4)ncn3)cc2)C(C)(C)C)cc1. The van der Waals surface area contributed by atoms with E-state index in [0.717, 1.165) is 44.3 Å². The molecule has 0 saturated carbocycles. The van der Waals surface area contributed by atoms with Crippen molar-refractivity contribution in [2.24, 2.45) is 16.4 Å². The lowest BCUT2D eigenvalue weighted by Crippen LogP contribution is -2.58. The Hall–Kier alpha value is -6.97. The molecule has 5 amide bonds. The Kier molecular flexibility index (Phi) is 19.9. The number of carbonyl (C=O) groups excluding carboxylic acids is 5. The van der Waals surface area contributed by atoms with Crippen LogP contribution in [0.1, 0.15) is 99.1 Å². The number of aliphatic hydroxyl groups is 1. The van der Waals surface area contributed by atoms with Crippen LogP contribution >= 0.6 is 11.3 Å². The molecule has 20 heteroatoms. The van der Waals surface area contributed by atoms with Crippen molar-refractivity contribution in [1.82, 2.24) is 40.8 Å². The molecule has 3 aromatic carbocycles. The quantitative estimate of drug-likeness (QED) is 0.0528. The minimum Gasteiger partial charge on any atom is -0.391 e. The maximum atomic E-state index is 14.1. The summed E-state index contributed by atoms with van der Waals surface area (Å²) >= 11 is 1.57. The summed E-state index contributed by atoms with van der Waals surface area (Å²) in [5.41, 5.74) is 7.19. The summed E-state index contributed by atoms with van der Waals surface area (Å²) < 4.78 is 16.9. The van der Waals surface area contributed by atoms with Crippen molar-refractivity contribution >= 4 is 52.9 Å². The summed E-state index contributed by atoms with van der Waals surface area (Å²) in [6.45, 7) is 12.6. The van der Waals surface area contributed by atoms with E-state index in [-0.39, 0.29) is 80.8 Å². The maximum Gasteiger partial charge on any atom is 0.251 e. The van der Waals surface area contributed by atoms with Crippen molar-refractivity contribution in [2.75, 3.05) is 70.7 Å². The number of aryl methyl sites for hydroxylation is 1. The predicted molar refractivity (Wildman–Crippen MR) is 297 cm³/mol. The number of hydrazone groups is 1. The number of nitrogens with one attached hydrogen (secondary N) is 3. The highest BCUT2D eigenvalue weighted by molar-refractivity contribution is 7.13. The van der Waals surface area contributed by atoms with Crippen LogP contribution in [0.25, 0.3) is 21.7 Å². The molecule has 78 heavy (non-hydrogen) atoms. The van der Waals surface area contributed by atoms with Gasteiger partial charge in [-0.2, -0.15) is 5.10 Å². The second-order valence-electron chi connectivity index (χ2n) is 21.0. The van der Waals surface area contributed by atoms with Gasteiger partial charge in [-0.3, -0.25) is 24.0 Å². The van der Waals surface area contributed by atoms with Gasteiger partial charge in [0.05, 0.1) is 79.6 Å². The minimum atomic E-state index is -0.951. The molecular formula is C58H72N10O9S. The molecule has 3 aliphatic heterocycles. The Bertz CT molecular complexity index is 2840. The van der Waals surface area contributed by atoms with Gasteiger partial charge in [0.1, 0.15) is 24.2 Å². The number of amides is 5. The summed E-state index contributed by atoms with van der Waals surface area (Å²) in [5.74, 6) is -0.662. The van der Waals surface area contributed by atoms with Gasteiger partial charge in [0.2, 0.25) is 23.6 Å². The maximum absolute atomic E-state index is 14.1. The monoisotopic (exact) mass is 1080 g/mol. The molecule has 414 valence electrons. The summed E-state index contributed by atoms with van der Waals surface area (Å²) in [4.78, 5) is 85.3. The van der Waals surface area contributed by atoms with E-state index in [0.29, 0.717) is 64.3 Å². The highest BCUT2D eigenvalue weighted by Crippen LogP contribution is 2.34. The number of carbonyl (C=O) groups is 5. The molecule has 1 unspecified atom stereocenters. The number of rotatable bonds is 23. The average molecular weight is 1090 g/mol. The molecule has 5 atom stereocenters. The smallest absolute Gasteiger partial charge is 0.251 e. The number of aliphatic hydroxyl groups excluding tert-OH is 1. The number of piperidine rings is 1. The summed E-state index contributed by atoms with van der Waals surface area (Å²) in [6, 6.07) is 24.9. The van der Waals surface area contributed by atoms with Crippen LogP contribution in [-0.4, -0.2) is 150 Å². The third-order valence-electron chi connectivity index (χ3n) is 14.3. The molecule has 2 aromatic heterocycles. The number of anilines is 1. The number of β-amino-alcohol motifs (C(OH)–C–C–N with tert-alkyl or cyclic N) is 1. The second kappa shape index (κ2) is 27.1. The zero-order chi connectivity index (χ0) is 55.2. The first-order valence-corrected chi connectivity index (χ1v) is 27.7. The largest absolute Gasteiger partial charge is 0.391 e. The molecule has 8 rings (SSSR count). The third-order valence-corrected chi connectivity index (χ3v) is 15.3. The molecule has 0 spiro atoms. The van der Waals surface area contributed by atoms with E-state index in [4.69, 9.17) is 14.2 Å². The summed E-state index contributed by atoms with van der Waals surface area (Å²) in [5, 5.41) is 25.5. The molecule has 0 bridgehead atoms. The lowest BCUT2D eigenvalue weighted by atomic mass is 9.85. The number of hydrogen-bond donors (Lipinski definition) is 4. The zero-order valence-electron chi connectivity index (χ0n) is 45.1. The van der Waals surface area contributed by atoms with Crippen molar-refractivity contribution < 1.29 is 43.3 Å². The number of nitrogens with zero attached hydrogens (tertiary/aromatic N) is 7. The van der Waals surface area contributed by atoms with Crippen LogP contribution in [0.3, 0.4) is 0 Å². The van der Waals surface area contributed by atoms with Crippen LogP contribution < -0.4 is 20.9 Å². The minimum absolute atomic E-state index is 0.00538. The van der Waals surface area contributed by atoms with Crippen molar-refractivity contribution in [3.63, 3.8) is 0 Å². The number of hydrogen-bond acceptors (Lipinski definition) is 15. The zero-order valence-corrected chi connectivity index (χ0v) is 46.0. The lowest BCUT2D eigenvalue weighted by Gasteiger charge is -2.35. The highest BCUT2D eigenvalue weighted by atomic mass is 32.1. The molecule has 2 fully saturated rings. The van der Waals surface area contributed by atoms with Gasteiger partial charge in [0.15, 0.2) is 0 Å². The molecule has 19 nitrogen and oxygen atoms in total. The Labute approximate surface area is 460 Å². The van der Waals surface area contributed by atoms with E-state index in [1.54, 1.807) is 34.8 Å². The van der Waals surface area contributed by atoms with Gasteiger partial charge < -0.3 is 45.1 Å². The molecule has 0 aliphatic carbocycles. The predicted octanol–water partition coefficient (Wildman–Crippen LogP) is 6.29. The first-order chi connectivity index (χ1) is 37.6. The molecule has 2 saturated heterocycles. The van der Waals surface area contributed by atoms with Crippen LogP contribution in [0.5, 0.6) is 0 Å². The van der Waals surface area contributed by atoms with Crippen LogP contribution in [0.2, 0.25) is 0 Å². The van der Waals surface area contributed by atoms with E-state index in [1.807, 2.05) is 119 Å². The van der Waals surface area contributed by atoms with E-state index in [9.17, 15) is 29.1 Å². The Morgan fingerprint density at radius 1 is 0.821 bits per heavy atom. The Morgan fingerprint density at radius 3 is 2.18 bits per heavy atom. The van der Waals surface area contributed by atoms with E-state index in [1.165, 1.54) is 4.90 Å². The number of aromatic nitrogens is 3. The molecule has 5 heterocycles. The van der Waals surface area contributed by atoms with E-state index in [2.05, 4.69) is 40.9 Å². The molecule has 0 radical (unpaired) electrons. The standard InChI is InChI=1S/C58H72N10O9S/c1-38(40-11-15-43(16-12-40)52-39(2)62-37-78-52)64-55(72)49-33-46(69)35-67(49)57(74)53(58(3,4)5)65-51(70)22-27-75-29-31-77-32-30-76-28-24-59-54(71)44-17-13-41(14-18-44)47-34-50(61-36-60-47)66-25-20-45(21-26-66)56(73)68-48(19-23-63-68)42-9-7-6-8-10-42/h6-18,23,34,36-38,45-46,48-49,53,69H,19-22,24-33,35H2,1-5H3,(H,59,71)(H,64,72)(H,65,70)/t38-,46+,48?,49-,53+/m0/s1. The summed E-state index contributed by atoms with van der Waals surface area (Å²) in [6.07, 6.45) is 4.71. The normalized spacial score (nSPS) is 18.4. The van der Waals surface area contributed by atoms with Crippen molar-refractivity contribution in [1.29, 1.82) is 0 Å². The van der Waals surface area contributed by atoms with Gasteiger partial charge in [-0.05, 0) is 60.9 Å². The summed E-state index contributed by atoms with van der Waals surface area (Å²) in [7, 11) is 0. The topological polar surface area (TPSA) is 230 Å². The van der Waals surface area contributed by atoms with Gasteiger partial charge in [-0.1, -0.05) is 87.5 Å². The fourth-order valence-electron chi connectivity index (χ4n) is 9.89. The van der Waals surface area contributed by atoms with E-state index >= 15 is 0 Å². The number of benzene rings is 3. The van der Waals surface area contributed by atoms with Gasteiger partial charge in [-0.25, -0.2) is 20.0 Å². The van der Waals surface area contributed by atoms with Crippen molar-refractivity contribution in [2.45, 2.75) is 97.0 Å². The highest BCUT2D eigenvalue weighted by Gasteiger charge is 2.45. The number of thiazole rings is 1. The van der Waals surface area contributed by atoms with Crippen molar-refractivity contribution in [3.05, 3.63) is 119 Å². The van der Waals surface area contributed by atoms with Crippen molar-refractivity contribution in [3.8, 4) is 21.7 Å². The second-order valence-corrected chi connectivity index (χ2v) is 21.8. The van der Waals surface area contributed by atoms with Gasteiger partial charge in [0.25, 0.3) is 5.91 Å². The van der Waals surface area contributed by atoms with Crippen LogP contribution in [0.4, 0.5) is 5.82 Å². The number of likely N-dealkylation sites (tertiary alicyclic amines) is 1. The Morgan fingerprint density at radius 2 is 1.50 bits per heavy atom. The van der Waals surface area contributed by atoms with Crippen LogP contribution in [0.15, 0.2) is 102 Å². The lowest BCUT2D eigenvalue weighted by molar-refractivity contribution is -0.144. The van der Waals surface area contributed by atoms with Crippen LogP contribution in [0, 0.1) is 18.3 Å². The van der Waals surface area contributed by atoms with E-state index < -0.39 is 29.5 Å². The number of ether oxygens (including phenoxy) is 3. The first kappa shape index (κ1) is 57.2. The molecule has 3 aliphatic rings. The fraction of sp³-hybridized carbons (Fsp3) is 0.466. The van der Waals surface area contributed by atoms with Gasteiger partial charge in [0, 0.05) is 74.8 Å². The Balaban J connectivity index is 0.672. The van der Waals surface area contributed by atoms with Gasteiger partial charge in [-0.15, -0.1) is 11.3 Å². The van der Waals surface area contributed by atoms with Gasteiger partial charge >= 0.3 is 0 Å². The molecule has 5 aromatic rings. The molecule has 4 N–H and O–H groups in total.